The Bertz CT molecular complexity index is 1140. The van der Waals surface area contributed by atoms with Crippen LogP contribution in [0.4, 0.5) is 5.13 Å². The normalized spacial score (nSPS) is 12.1. The first-order chi connectivity index (χ1) is 12.8. The van der Waals surface area contributed by atoms with Gasteiger partial charge in [-0.2, -0.15) is 0 Å². The molecule has 3 rings (SSSR count). The fourth-order valence-electron chi connectivity index (χ4n) is 2.25. The van der Waals surface area contributed by atoms with E-state index in [-0.39, 0.29) is 10.8 Å². The zero-order chi connectivity index (χ0) is 19.6. The van der Waals surface area contributed by atoms with E-state index in [0.29, 0.717) is 20.4 Å². The third-order valence-corrected chi connectivity index (χ3v) is 6.78. The van der Waals surface area contributed by atoms with Crippen LogP contribution in [-0.4, -0.2) is 37.7 Å². The number of sulfonamides is 1. The summed E-state index contributed by atoms with van der Waals surface area (Å²) in [6, 6.07) is 11.9. The molecule has 1 heterocycles. The van der Waals surface area contributed by atoms with Gasteiger partial charge in [-0.1, -0.05) is 41.1 Å². The standard InChI is InChI=1S/C18H16ClN3O3S2/c1-22(2)27(24,25)13-8-9-15-16(11-13)26-18(20-15)21-17(23)10-7-12-5-3-4-6-14(12)19/h3-11H,1-2H3,(H,20,21,23). The number of thiazole rings is 1. The van der Waals surface area contributed by atoms with Crippen LogP contribution >= 0.6 is 22.9 Å². The lowest BCUT2D eigenvalue weighted by Gasteiger charge is -2.10. The maximum absolute atomic E-state index is 12.2. The van der Waals surface area contributed by atoms with Gasteiger partial charge >= 0.3 is 0 Å². The molecule has 0 saturated heterocycles. The van der Waals surface area contributed by atoms with Gasteiger partial charge in [-0.3, -0.25) is 10.1 Å². The highest BCUT2D eigenvalue weighted by molar-refractivity contribution is 7.89. The predicted octanol–water partition coefficient (Wildman–Crippen LogP) is 3.85. The summed E-state index contributed by atoms with van der Waals surface area (Å²) in [5, 5.41) is 3.62. The van der Waals surface area contributed by atoms with Crippen LogP contribution in [0.2, 0.25) is 5.02 Å². The molecule has 0 aliphatic heterocycles. The molecule has 0 aliphatic rings. The molecule has 1 aromatic heterocycles. The molecule has 1 amide bonds. The molecule has 0 aliphatic carbocycles. The van der Waals surface area contributed by atoms with Gasteiger partial charge in [0.25, 0.3) is 0 Å². The van der Waals surface area contributed by atoms with Gasteiger partial charge in [0, 0.05) is 25.2 Å². The molecule has 1 N–H and O–H groups in total. The van der Waals surface area contributed by atoms with Crippen molar-refractivity contribution in [2.75, 3.05) is 19.4 Å². The Morgan fingerprint density at radius 2 is 1.96 bits per heavy atom. The second kappa shape index (κ2) is 7.77. The zero-order valence-electron chi connectivity index (χ0n) is 14.5. The molecule has 9 heteroatoms. The number of fused-ring (bicyclic) bond motifs is 1. The summed E-state index contributed by atoms with van der Waals surface area (Å²) in [5.41, 5.74) is 1.35. The lowest BCUT2D eigenvalue weighted by molar-refractivity contribution is -0.111. The van der Waals surface area contributed by atoms with E-state index in [0.717, 1.165) is 9.87 Å². The number of rotatable bonds is 5. The minimum atomic E-state index is -3.52. The van der Waals surface area contributed by atoms with Crippen molar-refractivity contribution in [3.63, 3.8) is 0 Å². The summed E-state index contributed by atoms with van der Waals surface area (Å²) < 4.78 is 26.3. The van der Waals surface area contributed by atoms with Crippen molar-refractivity contribution in [3.8, 4) is 0 Å². The first kappa shape index (κ1) is 19.5. The highest BCUT2D eigenvalue weighted by Gasteiger charge is 2.18. The number of amides is 1. The average Bonchev–Trinajstić information content (AvgIpc) is 3.02. The number of anilines is 1. The number of hydrogen-bond donors (Lipinski definition) is 1. The summed E-state index contributed by atoms with van der Waals surface area (Å²) in [5.74, 6) is -0.352. The molecule has 0 fully saturated rings. The zero-order valence-corrected chi connectivity index (χ0v) is 16.9. The van der Waals surface area contributed by atoms with Crippen molar-refractivity contribution >= 4 is 60.3 Å². The van der Waals surface area contributed by atoms with E-state index in [1.54, 1.807) is 30.3 Å². The topological polar surface area (TPSA) is 79.4 Å². The molecule has 0 unspecified atom stereocenters. The molecule has 0 bridgehead atoms. The van der Waals surface area contributed by atoms with Crippen molar-refractivity contribution < 1.29 is 13.2 Å². The van der Waals surface area contributed by atoms with Gasteiger partial charge in [0.05, 0.1) is 15.1 Å². The highest BCUT2D eigenvalue weighted by atomic mass is 35.5. The first-order valence-electron chi connectivity index (χ1n) is 7.84. The van der Waals surface area contributed by atoms with Gasteiger partial charge in [0.15, 0.2) is 5.13 Å². The number of carbonyl (C=O) groups excluding carboxylic acids is 1. The van der Waals surface area contributed by atoms with Crippen LogP contribution < -0.4 is 5.32 Å². The van der Waals surface area contributed by atoms with E-state index in [1.807, 2.05) is 12.1 Å². The fraction of sp³-hybridized carbons (Fsp3) is 0.111. The molecular formula is C18H16ClN3O3S2. The molecule has 140 valence electrons. The minimum absolute atomic E-state index is 0.181. The number of halogens is 1. The van der Waals surface area contributed by atoms with Crippen molar-refractivity contribution in [2.24, 2.45) is 0 Å². The predicted molar refractivity (Wildman–Crippen MR) is 110 cm³/mol. The lowest BCUT2D eigenvalue weighted by atomic mass is 10.2. The summed E-state index contributed by atoms with van der Waals surface area (Å²) >= 11 is 7.26. The van der Waals surface area contributed by atoms with Gasteiger partial charge in [-0.05, 0) is 35.9 Å². The van der Waals surface area contributed by atoms with E-state index >= 15 is 0 Å². The number of hydrogen-bond acceptors (Lipinski definition) is 5. The van der Waals surface area contributed by atoms with Crippen LogP contribution in [0.5, 0.6) is 0 Å². The maximum Gasteiger partial charge on any atom is 0.250 e. The molecule has 3 aromatic rings. The number of nitrogens with one attached hydrogen (secondary N) is 1. The van der Waals surface area contributed by atoms with Crippen LogP contribution in [0.25, 0.3) is 16.3 Å². The Labute approximate surface area is 166 Å². The van der Waals surface area contributed by atoms with Gasteiger partial charge in [-0.25, -0.2) is 17.7 Å². The third-order valence-electron chi connectivity index (χ3n) is 3.69. The Kier molecular flexibility index (Phi) is 5.61. The molecule has 0 atom stereocenters. The molecule has 0 saturated carbocycles. The number of carbonyl (C=O) groups is 1. The van der Waals surface area contributed by atoms with Crippen LogP contribution in [0.3, 0.4) is 0 Å². The van der Waals surface area contributed by atoms with Gasteiger partial charge in [0.1, 0.15) is 0 Å². The second-order valence-electron chi connectivity index (χ2n) is 5.78. The SMILES string of the molecule is CN(C)S(=O)(=O)c1ccc2nc(NC(=O)C=Cc3ccccc3Cl)sc2c1. The Morgan fingerprint density at radius 3 is 2.67 bits per heavy atom. The highest BCUT2D eigenvalue weighted by Crippen LogP contribution is 2.29. The third kappa shape index (κ3) is 4.36. The largest absolute Gasteiger partial charge is 0.298 e. The van der Waals surface area contributed by atoms with Crippen molar-refractivity contribution in [3.05, 3.63) is 59.1 Å². The molecule has 0 radical (unpaired) electrons. The molecule has 0 spiro atoms. The number of nitrogens with zero attached hydrogens (tertiary/aromatic N) is 2. The quantitative estimate of drug-likeness (QED) is 0.634. The summed E-state index contributed by atoms with van der Waals surface area (Å²) in [6.45, 7) is 0. The van der Waals surface area contributed by atoms with E-state index < -0.39 is 10.0 Å². The van der Waals surface area contributed by atoms with Crippen molar-refractivity contribution in [2.45, 2.75) is 4.90 Å². The summed E-state index contributed by atoms with van der Waals surface area (Å²) in [7, 11) is -0.574. The smallest absolute Gasteiger partial charge is 0.250 e. The van der Waals surface area contributed by atoms with Gasteiger partial charge in [-0.15, -0.1) is 0 Å². The number of aromatic nitrogens is 1. The monoisotopic (exact) mass is 421 g/mol. The summed E-state index contributed by atoms with van der Waals surface area (Å²) in [4.78, 5) is 16.6. The van der Waals surface area contributed by atoms with Gasteiger partial charge in [0.2, 0.25) is 15.9 Å². The van der Waals surface area contributed by atoms with E-state index in [2.05, 4.69) is 10.3 Å². The van der Waals surface area contributed by atoms with E-state index in [1.165, 1.54) is 37.6 Å². The Hall–Kier alpha value is -2.26. The van der Waals surface area contributed by atoms with E-state index in [4.69, 9.17) is 11.6 Å². The Balaban J connectivity index is 1.80. The Morgan fingerprint density at radius 1 is 1.22 bits per heavy atom. The van der Waals surface area contributed by atoms with Crippen LogP contribution in [0, 0.1) is 0 Å². The van der Waals surface area contributed by atoms with Gasteiger partial charge < -0.3 is 0 Å². The second-order valence-corrected chi connectivity index (χ2v) is 9.37. The molecule has 6 nitrogen and oxygen atoms in total. The van der Waals surface area contributed by atoms with Crippen LogP contribution in [0.1, 0.15) is 5.56 Å². The minimum Gasteiger partial charge on any atom is -0.298 e. The maximum atomic E-state index is 12.2. The lowest BCUT2D eigenvalue weighted by Crippen LogP contribution is -2.22. The molecule has 27 heavy (non-hydrogen) atoms. The van der Waals surface area contributed by atoms with Crippen LogP contribution in [-0.2, 0) is 14.8 Å². The molecule has 2 aromatic carbocycles. The summed E-state index contributed by atoms with van der Waals surface area (Å²) in [6.07, 6.45) is 2.99. The van der Waals surface area contributed by atoms with E-state index in [9.17, 15) is 13.2 Å². The average molecular weight is 422 g/mol. The van der Waals surface area contributed by atoms with Crippen molar-refractivity contribution in [1.82, 2.24) is 9.29 Å². The molecular weight excluding hydrogens is 406 g/mol. The first-order valence-corrected chi connectivity index (χ1v) is 10.5. The number of benzene rings is 2. The van der Waals surface area contributed by atoms with Crippen molar-refractivity contribution in [1.29, 1.82) is 0 Å². The fourth-order valence-corrected chi connectivity index (χ4v) is 4.36. The van der Waals surface area contributed by atoms with Crippen LogP contribution in [0.15, 0.2) is 53.4 Å².